The maximum atomic E-state index is 14.0. The van der Waals surface area contributed by atoms with Crippen LogP contribution in [0.1, 0.15) is 12.8 Å². The number of amides is 1. The average Bonchev–Trinajstić information content (AvgIpc) is 2.95. The molecule has 1 aliphatic heterocycles. The summed E-state index contributed by atoms with van der Waals surface area (Å²) in [4.78, 5) is 39.4. The van der Waals surface area contributed by atoms with Gasteiger partial charge in [-0.25, -0.2) is 4.98 Å². The number of piperazine rings is 1. The third kappa shape index (κ3) is 6.36. The molecular formula is C26H31Cl2IN6O4. The molecule has 0 radical (unpaired) electrons. The number of nitrogens with one attached hydrogen (secondary N) is 1. The van der Waals surface area contributed by atoms with Gasteiger partial charge in [0.1, 0.15) is 17.1 Å². The van der Waals surface area contributed by atoms with Gasteiger partial charge in [0.2, 0.25) is 11.9 Å². The molecule has 0 spiro atoms. The number of fused-ring (bicyclic) bond motifs is 1. The van der Waals surface area contributed by atoms with Crippen molar-refractivity contribution in [1.82, 2.24) is 24.3 Å². The maximum Gasteiger partial charge on any atom is 0.260 e. The Balaban J connectivity index is 1.66. The van der Waals surface area contributed by atoms with Gasteiger partial charge < -0.3 is 19.7 Å². The zero-order chi connectivity index (χ0) is 28.1. The number of anilines is 1. The molecule has 1 fully saturated rings. The van der Waals surface area contributed by atoms with E-state index < -0.39 is 0 Å². The fraction of sp³-hybridized carbons (Fsp3) is 0.462. The maximum absolute atomic E-state index is 14.0. The lowest BCUT2D eigenvalue weighted by Crippen LogP contribution is -2.49. The molecule has 1 saturated heterocycles. The highest BCUT2D eigenvalue weighted by Gasteiger charge is 2.24. The highest BCUT2D eigenvalue weighted by atomic mass is 127. The number of ether oxygens (including phenoxy) is 2. The van der Waals surface area contributed by atoms with Gasteiger partial charge in [-0.3, -0.25) is 19.1 Å². The summed E-state index contributed by atoms with van der Waals surface area (Å²) in [5.41, 5.74) is 0.870. The van der Waals surface area contributed by atoms with Crippen LogP contribution in [-0.2, 0) is 11.3 Å². The van der Waals surface area contributed by atoms with E-state index in [0.717, 1.165) is 37.2 Å². The van der Waals surface area contributed by atoms with Crippen LogP contribution in [0.4, 0.5) is 5.95 Å². The quantitative estimate of drug-likeness (QED) is 0.250. The number of benzene rings is 1. The standard InChI is InChI=1S/C26H31Cl2IN6O4/c1-30-26-31-15-16-13-17(21-22(27)18(38-2)14-19(39-3)23(21)28)25(37)35(24(16)32-26)8-4-7-33-9-11-34(12-10-33)20(36)5-6-29/h13-15H,4-12H2,1-3H3,(H,30,31,32). The molecule has 39 heavy (non-hydrogen) atoms. The minimum atomic E-state index is -0.281. The molecule has 1 aliphatic rings. The van der Waals surface area contributed by atoms with Gasteiger partial charge in [-0.1, -0.05) is 45.8 Å². The van der Waals surface area contributed by atoms with Gasteiger partial charge in [-0.05, 0) is 19.0 Å². The van der Waals surface area contributed by atoms with Crippen LogP contribution in [0.3, 0.4) is 0 Å². The lowest BCUT2D eigenvalue weighted by molar-refractivity contribution is -0.132. The molecule has 1 N–H and O–H groups in total. The number of aromatic nitrogens is 3. The van der Waals surface area contributed by atoms with Crippen LogP contribution >= 0.6 is 45.8 Å². The first-order valence-corrected chi connectivity index (χ1v) is 14.9. The predicted molar refractivity (Wildman–Crippen MR) is 163 cm³/mol. The number of carbonyl (C=O) groups is 1. The second-order valence-corrected chi connectivity index (χ2v) is 10.9. The lowest BCUT2D eigenvalue weighted by Gasteiger charge is -2.34. The second-order valence-electron chi connectivity index (χ2n) is 9.04. The van der Waals surface area contributed by atoms with Gasteiger partial charge in [0.05, 0.1) is 29.8 Å². The summed E-state index contributed by atoms with van der Waals surface area (Å²) in [6.07, 6.45) is 2.96. The van der Waals surface area contributed by atoms with Gasteiger partial charge in [0.15, 0.2) is 0 Å². The molecule has 0 atom stereocenters. The summed E-state index contributed by atoms with van der Waals surface area (Å²) in [5, 5.41) is 4.04. The van der Waals surface area contributed by atoms with Crippen molar-refractivity contribution < 1.29 is 14.3 Å². The molecule has 0 aliphatic carbocycles. The van der Waals surface area contributed by atoms with Gasteiger partial charge >= 0.3 is 0 Å². The van der Waals surface area contributed by atoms with E-state index in [0.29, 0.717) is 59.0 Å². The van der Waals surface area contributed by atoms with Crippen LogP contribution in [0.15, 0.2) is 23.1 Å². The number of nitrogens with zero attached hydrogens (tertiary/aromatic N) is 5. The van der Waals surface area contributed by atoms with Crippen molar-refractivity contribution in [2.24, 2.45) is 0 Å². The number of hydrogen-bond donors (Lipinski definition) is 1. The molecule has 10 nitrogen and oxygen atoms in total. The van der Waals surface area contributed by atoms with Gasteiger partial charge in [-0.2, -0.15) is 4.98 Å². The second kappa shape index (κ2) is 13.3. The van der Waals surface area contributed by atoms with Gasteiger partial charge in [-0.15, -0.1) is 0 Å². The molecule has 3 heterocycles. The van der Waals surface area contributed by atoms with Crippen molar-refractivity contribution >= 4 is 68.7 Å². The van der Waals surface area contributed by atoms with Crippen molar-refractivity contribution in [3.8, 4) is 22.6 Å². The number of rotatable bonds is 10. The Labute approximate surface area is 250 Å². The first-order chi connectivity index (χ1) is 18.8. The molecule has 0 saturated carbocycles. The number of aryl methyl sites for hydroxylation is 1. The Kier molecular flexibility index (Phi) is 10.1. The highest BCUT2D eigenvalue weighted by Crippen LogP contribution is 2.45. The minimum absolute atomic E-state index is 0.213. The summed E-state index contributed by atoms with van der Waals surface area (Å²) in [7, 11) is 4.71. The van der Waals surface area contributed by atoms with Gasteiger partial charge in [0, 0.05) is 73.8 Å². The summed E-state index contributed by atoms with van der Waals surface area (Å²) in [6.45, 7) is 4.27. The first kappa shape index (κ1) is 29.6. The molecule has 1 aromatic carbocycles. The van der Waals surface area contributed by atoms with Crippen LogP contribution in [0.5, 0.6) is 11.5 Å². The number of pyridine rings is 1. The third-order valence-electron chi connectivity index (χ3n) is 6.78. The molecule has 4 rings (SSSR count). The Morgan fingerprint density at radius 1 is 1.08 bits per heavy atom. The number of hydrogen-bond acceptors (Lipinski definition) is 8. The molecule has 2 aromatic heterocycles. The van der Waals surface area contributed by atoms with Crippen molar-refractivity contribution in [1.29, 1.82) is 0 Å². The fourth-order valence-electron chi connectivity index (χ4n) is 4.70. The zero-order valence-corrected chi connectivity index (χ0v) is 25.8. The van der Waals surface area contributed by atoms with Crippen molar-refractivity contribution in [2.75, 3.05) is 63.7 Å². The third-order valence-corrected chi connectivity index (χ3v) is 8.07. The van der Waals surface area contributed by atoms with Crippen LogP contribution in [0, 0.1) is 0 Å². The van der Waals surface area contributed by atoms with E-state index in [4.69, 9.17) is 32.7 Å². The molecular weight excluding hydrogens is 658 g/mol. The number of alkyl halides is 1. The molecule has 0 bridgehead atoms. The predicted octanol–water partition coefficient (Wildman–Crippen LogP) is 4.18. The van der Waals surface area contributed by atoms with Crippen LogP contribution in [0.2, 0.25) is 10.0 Å². The largest absolute Gasteiger partial charge is 0.495 e. The highest BCUT2D eigenvalue weighted by molar-refractivity contribution is 14.1. The van der Waals surface area contributed by atoms with E-state index in [-0.39, 0.29) is 21.5 Å². The van der Waals surface area contributed by atoms with Crippen molar-refractivity contribution in [2.45, 2.75) is 19.4 Å². The number of halogens is 3. The monoisotopic (exact) mass is 688 g/mol. The van der Waals surface area contributed by atoms with Gasteiger partial charge in [0.25, 0.3) is 5.56 Å². The zero-order valence-electron chi connectivity index (χ0n) is 22.1. The van der Waals surface area contributed by atoms with Crippen molar-refractivity contribution in [3.05, 3.63) is 38.7 Å². The Hall–Kier alpha value is -2.35. The van der Waals surface area contributed by atoms with E-state index in [1.165, 1.54) is 14.2 Å². The lowest BCUT2D eigenvalue weighted by atomic mass is 10.0. The van der Waals surface area contributed by atoms with E-state index in [2.05, 4.69) is 42.8 Å². The normalized spacial score (nSPS) is 14.1. The minimum Gasteiger partial charge on any atom is -0.495 e. The summed E-state index contributed by atoms with van der Waals surface area (Å²) >= 11 is 15.6. The summed E-state index contributed by atoms with van der Waals surface area (Å²) in [6, 6.07) is 3.29. The Bertz CT molecular complexity index is 1380. The van der Waals surface area contributed by atoms with Crippen LogP contribution in [0.25, 0.3) is 22.2 Å². The Morgan fingerprint density at radius 2 is 1.74 bits per heavy atom. The molecule has 210 valence electrons. The van der Waals surface area contributed by atoms with E-state index in [1.807, 2.05) is 4.90 Å². The number of methoxy groups -OCH3 is 2. The van der Waals surface area contributed by atoms with E-state index in [9.17, 15) is 9.59 Å². The first-order valence-electron chi connectivity index (χ1n) is 12.6. The fourth-order valence-corrected chi connectivity index (χ4v) is 5.87. The smallest absolute Gasteiger partial charge is 0.260 e. The summed E-state index contributed by atoms with van der Waals surface area (Å²) in [5.74, 6) is 1.31. The average molecular weight is 689 g/mol. The summed E-state index contributed by atoms with van der Waals surface area (Å²) < 4.78 is 13.3. The molecule has 1 amide bonds. The number of carbonyl (C=O) groups excluding carboxylic acids is 1. The van der Waals surface area contributed by atoms with Crippen LogP contribution in [-0.4, -0.2) is 88.7 Å². The van der Waals surface area contributed by atoms with Crippen LogP contribution < -0.4 is 20.3 Å². The SMILES string of the molecule is CNc1ncc2cc(-c3c(Cl)c(OC)cc(OC)c3Cl)c(=O)n(CCCN3CCN(C(=O)CCI)CC3)c2n1. The molecule has 13 heteroatoms. The molecule has 3 aromatic rings. The Morgan fingerprint density at radius 3 is 2.33 bits per heavy atom. The topological polar surface area (TPSA) is 102 Å². The molecule has 0 unspecified atom stereocenters. The van der Waals surface area contributed by atoms with E-state index >= 15 is 0 Å². The van der Waals surface area contributed by atoms with Crippen molar-refractivity contribution in [3.63, 3.8) is 0 Å². The van der Waals surface area contributed by atoms with E-state index in [1.54, 1.807) is 29.9 Å².